The first-order valence-corrected chi connectivity index (χ1v) is 7.33. The van der Waals surface area contributed by atoms with Gasteiger partial charge in [0.1, 0.15) is 11.5 Å². The molecule has 0 aliphatic carbocycles. The Bertz CT molecular complexity index is 744. The molecule has 2 aromatic rings. The van der Waals surface area contributed by atoms with Crippen LogP contribution in [0.15, 0.2) is 47.6 Å². The van der Waals surface area contributed by atoms with Crippen LogP contribution in [0.4, 0.5) is 0 Å². The van der Waals surface area contributed by atoms with Crippen LogP contribution in [-0.4, -0.2) is 23.8 Å². The lowest BCUT2D eigenvalue weighted by atomic mass is 10.1. The van der Waals surface area contributed by atoms with E-state index in [0.717, 1.165) is 11.3 Å². The van der Waals surface area contributed by atoms with Crippen LogP contribution in [-0.2, 0) is 6.42 Å². The van der Waals surface area contributed by atoms with Crippen LogP contribution in [0.3, 0.4) is 0 Å². The first kappa shape index (κ1) is 16.8. The molecule has 0 fully saturated rings. The van der Waals surface area contributed by atoms with Gasteiger partial charge in [-0.3, -0.25) is 4.79 Å². The van der Waals surface area contributed by atoms with Crippen molar-refractivity contribution >= 4 is 23.2 Å². The quantitative estimate of drug-likeness (QED) is 0.651. The lowest BCUT2D eigenvalue weighted by molar-refractivity contribution is 0.0952. The van der Waals surface area contributed by atoms with Crippen LogP contribution in [0.2, 0.25) is 5.02 Å². The highest BCUT2D eigenvalue weighted by Gasteiger charge is 2.11. The van der Waals surface area contributed by atoms with Gasteiger partial charge in [-0.05, 0) is 36.8 Å². The van der Waals surface area contributed by atoms with Crippen LogP contribution in [0.1, 0.15) is 22.8 Å². The minimum absolute atomic E-state index is 0.0753. The third-order valence-electron chi connectivity index (χ3n) is 3.19. The fraction of sp³-hybridized carbons (Fsp3) is 0.176. The zero-order chi connectivity index (χ0) is 16.8. The van der Waals surface area contributed by atoms with E-state index in [1.165, 1.54) is 18.2 Å². The average Bonchev–Trinajstić information content (AvgIpc) is 2.55. The Morgan fingerprint density at radius 2 is 2.04 bits per heavy atom. The van der Waals surface area contributed by atoms with E-state index in [4.69, 9.17) is 16.3 Å². The Morgan fingerprint density at radius 3 is 2.78 bits per heavy atom. The predicted octanol–water partition coefficient (Wildman–Crippen LogP) is 3.40. The lowest BCUT2D eigenvalue weighted by Gasteiger charge is -2.08. The summed E-state index contributed by atoms with van der Waals surface area (Å²) in [6.07, 6.45) is 0.534. The van der Waals surface area contributed by atoms with Crippen LogP contribution < -0.4 is 10.2 Å². The number of amides is 1. The fourth-order valence-corrected chi connectivity index (χ4v) is 2.23. The number of methoxy groups -OCH3 is 1. The monoisotopic (exact) mass is 332 g/mol. The number of carbonyl (C=O) groups is 1. The van der Waals surface area contributed by atoms with Gasteiger partial charge in [0.05, 0.1) is 12.7 Å². The summed E-state index contributed by atoms with van der Waals surface area (Å²) >= 11 is 5.82. The van der Waals surface area contributed by atoms with Crippen molar-refractivity contribution in [3.8, 4) is 11.5 Å². The molecule has 0 saturated carbocycles. The van der Waals surface area contributed by atoms with Crippen molar-refractivity contribution in [2.24, 2.45) is 5.10 Å². The van der Waals surface area contributed by atoms with Gasteiger partial charge >= 0.3 is 0 Å². The normalized spacial score (nSPS) is 11.2. The lowest BCUT2D eigenvalue weighted by Crippen LogP contribution is -2.19. The van der Waals surface area contributed by atoms with Crippen molar-refractivity contribution in [1.82, 2.24) is 5.43 Å². The van der Waals surface area contributed by atoms with Gasteiger partial charge in [-0.2, -0.15) is 5.10 Å². The maximum atomic E-state index is 12.0. The minimum atomic E-state index is -0.524. The Balaban J connectivity index is 2.07. The molecule has 6 heteroatoms. The molecular formula is C17H17ClN2O3. The van der Waals surface area contributed by atoms with Crippen molar-refractivity contribution in [1.29, 1.82) is 0 Å². The molecular weight excluding hydrogens is 316 g/mol. The first-order valence-electron chi connectivity index (χ1n) is 6.95. The molecule has 0 aliphatic heterocycles. The summed E-state index contributed by atoms with van der Waals surface area (Å²) in [6, 6.07) is 11.9. The number of hydrazone groups is 1. The molecule has 0 aliphatic rings. The third kappa shape index (κ3) is 4.47. The van der Waals surface area contributed by atoms with Gasteiger partial charge < -0.3 is 9.84 Å². The molecule has 1 amide bonds. The molecule has 0 aromatic heterocycles. The largest absolute Gasteiger partial charge is 0.507 e. The van der Waals surface area contributed by atoms with Crippen LogP contribution in [0, 0.1) is 0 Å². The Labute approximate surface area is 139 Å². The van der Waals surface area contributed by atoms with Crippen molar-refractivity contribution in [2.75, 3.05) is 7.11 Å². The molecule has 120 valence electrons. The average molecular weight is 333 g/mol. The summed E-state index contributed by atoms with van der Waals surface area (Å²) < 4.78 is 5.28. The molecule has 2 N–H and O–H groups in total. The number of carbonyl (C=O) groups excluding carboxylic acids is 1. The minimum Gasteiger partial charge on any atom is -0.507 e. The molecule has 0 bridgehead atoms. The fourth-order valence-electron chi connectivity index (χ4n) is 2.06. The zero-order valence-corrected chi connectivity index (χ0v) is 13.6. The van der Waals surface area contributed by atoms with Gasteiger partial charge in [-0.15, -0.1) is 0 Å². The van der Waals surface area contributed by atoms with E-state index < -0.39 is 5.91 Å². The maximum absolute atomic E-state index is 12.0. The molecule has 2 aromatic carbocycles. The number of aromatic hydroxyl groups is 1. The van der Waals surface area contributed by atoms with Crippen LogP contribution in [0.5, 0.6) is 11.5 Å². The van der Waals surface area contributed by atoms with Crippen LogP contribution >= 0.6 is 11.6 Å². The smallest absolute Gasteiger partial charge is 0.275 e. The van der Waals surface area contributed by atoms with E-state index in [9.17, 15) is 9.90 Å². The van der Waals surface area contributed by atoms with Gasteiger partial charge in [0, 0.05) is 17.2 Å². The molecule has 0 heterocycles. The number of nitrogens with zero attached hydrogens (tertiary/aromatic N) is 1. The van der Waals surface area contributed by atoms with Crippen LogP contribution in [0.25, 0.3) is 0 Å². The topological polar surface area (TPSA) is 70.9 Å². The summed E-state index contributed by atoms with van der Waals surface area (Å²) in [5.41, 5.74) is 4.16. The van der Waals surface area contributed by atoms with Gasteiger partial charge in [-0.25, -0.2) is 5.43 Å². The molecule has 23 heavy (non-hydrogen) atoms. The zero-order valence-electron chi connectivity index (χ0n) is 12.8. The summed E-state index contributed by atoms with van der Waals surface area (Å²) in [5, 5.41) is 14.1. The van der Waals surface area contributed by atoms with Gasteiger partial charge in [0.2, 0.25) is 0 Å². The van der Waals surface area contributed by atoms with Gasteiger partial charge in [0.25, 0.3) is 5.91 Å². The van der Waals surface area contributed by atoms with Crippen molar-refractivity contribution in [2.45, 2.75) is 13.3 Å². The maximum Gasteiger partial charge on any atom is 0.275 e. The van der Waals surface area contributed by atoms with E-state index in [0.29, 0.717) is 17.2 Å². The number of halogens is 1. The highest BCUT2D eigenvalue weighted by Crippen LogP contribution is 2.21. The number of phenols is 1. The Hall–Kier alpha value is -2.53. The van der Waals surface area contributed by atoms with E-state index in [1.807, 2.05) is 24.3 Å². The Kier molecular flexibility index (Phi) is 5.60. The molecule has 0 spiro atoms. The van der Waals surface area contributed by atoms with Gasteiger partial charge in [0.15, 0.2) is 0 Å². The van der Waals surface area contributed by atoms with Crippen molar-refractivity contribution < 1.29 is 14.6 Å². The van der Waals surface area contributed by atoms with Crippen molar-refractivity contribution in [3.63, 3.8) is 0 Å². The number of nitrogens with one attached hydrogen (secondary N) is 1. The highest BCUT2D eigenvalue weighted by atomic mass is 35.5. The third-order valence-corrected chi connectivity index (χ3v) is 3.43. The number of benzene rings is 2. The molecule has 0 saturated heterocycles. The Morgan fingerprint density at radius 1 is 1.30 bits per heavy atom. The summed E-state index contributed by atoms with van der Waals surface area (Å²) in [6.45, 7) is 1.80. The highest BCUT2D eigenvalue weighted by molar-refractivity contribution is 6.31. The number of hydrogen-bond donors (Lipinski definition) is 2. The van der Waals surface area contributed by atoms with E-state index in [-0.39, 0.29) is 11.3 Å². The molecule has 0 unspecified atom stereocenters. The number of ether oxygens (including phenoxy) is 1. The second-order valence-corrected chi connectivity index (χ2v) is 5.37. The number of para-hydroxylation sites is 1. The molecule has 0 atom stereocenters. The summed E-state index contributed by atoms with van der Waals surface area (Å²) in [5.74, 6) is 0.0923. The second-order valence-electron chi connectivity index (χ2n) is 4.94. The van der Waals surface area contributed by atoms with Crippen molar-refractivity contribution in [3.05, 3.63) is 58.6 Å². The standard InChI is InChI=1S/C17H17ClN2O3/c1-11(9-12-5-3-4-6-16(12)23-2)19-20-17(22)14-10-13(18)7-8-15(14)21/h3-8,10,21H,9H2,1-2H3,(H,20,22)/b19-11-. The molecule has 2 rings (SSSR count). The second kappa shape index (κ2) is 7.65. The van der Waals surface area contributed by atoms with Gasteiger partial charge in [-0.1, -0.05) is 29.8 Å². The number of rotatable bonds is 5. The first-order chi connectivity index (χ1) is 11.0. The predicted molar refractivity (Wildman–Crippen MR) is 90.4 cm³/mol. The molecule has 5 nitrogen and oxygen atoms in total. The SMILES string of the molecule is COc1ccccc1C/C(C)=N\NC(=O)c1cc(Cl)ccc1O. The van der Waals surface area contributed by atoms with E-state index in [2.05, 4.69) is 10.5 Å². The summed E-state index contributed by atoms with van der Waals surface area (Å²) in [7, 11) is 1.61. The number of hydrogen-bond acceptors (Lipinski definition) is 4. The van der Waals surface area contributed by atoms with E-state index in [1.54, 1.807) is 14.0 Å². The molecule has 0 radical (unpaired) electrons. The van der Waals surface area contributed by atoms with E-state index >= 15 is 0 Å². The summed E-state index contributed by atoms with van der Waals surface area (Å²) in [4.78, 5) is 12.0. The number of phenolic OH excluding ortho intramolecular Hbond substituents is 1.